The Kier molecular flexibility index (Phi) is 5.27. The number of rotatable bonds is 5. The molecular weight excluding hydrogens is 385 g/mol. The summed E-state index contributed by atoms with van der Waals surface area (Å²) in [5.41, 5.74) is 0.838. The highest BCUT2D eigenvalue weighted by molar-refractivity contribution is 7.99. The number of fused-ring (bicyclic) bond motifs is 1. The fourth-order valence-corrected chi connectivity index (χ4v) is 4.83. The summed E-state index contributed by atoms with van der Waals surface area (Å²) in [6, 6.07) is 8.18. The summed E-state index contributed by atoms with van der Waals surface area (Å²) in [6.45, 7) is 1.67. The predicted octanol–water partition coefficient (Wildman–Crippen LogP) is 3.36. The van der Waals surface area contributed by atoms with E-state index in [0.29, 0.717) is 20.9 Å². The molecule has 0 aliphatic carbocycles. The van der Waals surface area contributed by atoms with Gasteiger partial charge in [-0.3, -0.25) is 14.2 Å². The third kappa shape index (κ3) is 3.77. The minimum atomic E-state index is -0.361. The average molecular weight is 404 g/mol. The molecule has 0 atom stereocenters. The number of carbonyl (C=O) groups is 1. The van der Waals surface area contributed by atoms with Crippen molar-refractivity contribution in [2.24, 2.45) is 0 Å². The Hall–Kier alpha value is -2.19. The third-order valence-electron chi connectivity index (χ3n) is 4.60. The molecule has 8 heteroatoms. The van der Waals surface area contributed by atoms with Gasteiger partial charge in [-0.05, 0) is 30.4 Å². The SMILES string of the molecule is O=C(CSc1nc2ccsc2c(=O)n1Cc1ccccc1F)N1CCCC1. The summed E-state index contributed by atoms with van der Waals surface area (Å²) in [5, 5.41) is 2.26. The van der Waals surface area contributed by atoms with Crippen LogP contribution >= 0.6 is 23.1 Å². The van der Waals surface area contributed by atoms with Gasteiger partial charge in [-0.1, -0.05) is 30.0 Å². The van der Waals surface area contributed by atoms with Crippen LogP contribution in [0.25, 0.3) is 10.2 Å². The number of hydrogen-bond donors (Lipinski definition) is 0. The van der Waals surface area contributed by atoms with E-state index in [1.54, 1.807) is 24.3 Å². The molecule has 140 valence electrons. The van der Waals surface area contributed by atoms with E-state index in [-0.39, 0.29) is 29.6 Å². The zero-order valence-electron chi connectivity index (χ0n) is 14.6. The highest BCUT2D eigenvalue weighted by Crippen LogP contribution is 2.23. The molecule has 1 aliphatic heterocycles. The molecule has 3 aromatic rings. The van der Waals surface area contributed by atoms with Gasteiger partial charge >= 0.3 is 0 Å². The fourth-order valence-electron chi connectivity index (χ4n) is 3.15. The molecule has 1 amide bonds. The number of halogens is 1. The zero-order chi connectivity index (χ0) is 18.8. The van der Waals surface area contributed by atoms with Gasteiger partial charge in [0.05, 0.1) is 17.8 Å². The minimum absolute atomic E-state index is 0.0506. The second-order valence-corrected chi connectivity index (χ2v) is 8.25. The molecule has 4 rings (SSSR count). The Morgan fingerprint density at radius 3 is 2.78 bits per heavy atom. The van der Waals surface area contributed by atoms with E-state index in [9.17, 15) is 14.0 Å². The predicted molar refractivity (Wildman–Crippen MR) is 106 cm³/mol. The maximum atomic E-state index is 14.1. The van der Waals surface area contributed by atoms with Crippen molar-refractivity contribution in [1.82, 2.24) is 14.5 Å². The van der Waals surface area contributed by atoms with Crippen molar-refractivity contribution in [3.05, 3.63) is 57.4 Å². The molecule has 2 aromatic heterocycles. The molecule has 27 heavy (non-hydrogen) atoms. The van der Waals surface area contributed by atoms with E-state index in [1.807, 2.05) is 10.3 Å². The molecule has 0 bridgehead atoms. The fraction of sp³-hybridized carbons (Fsp3) is 0.316. The molecule has 1 saturated heterocycles. The zero-order valence-corrected chi connectivity index (χ0v) is 16.2. The largest absolute Gasteiger partial charge is 0.342 e. The number of likely N-dealkylation sites (tertiary alicyclic amines) is 1. The molecule has 0 spiro atoms. The first kappa shape index (κ1) is 18.2. The van der Waals surface area contributed by atoms with Crippen molar-refractivity contribution in [3.63, 3.8) is 0 Å². The number of thioether (sulfide) groups is 1. The maximum absolute atomic E-state index is 14.1. The lowest BCUT2D eigenvalue weighted by molar-refractivity contribution is -0.127. The van der Waals surface area contributed by atoms with Gasteiger partial charge in [0.1, 0.15) is 10.5 Å². The van der Waals surface area contributed by atoms with Crippen molar-refractivity contribution in [1.29, 1.82) is 0 Å². The number of benzene rings is 1. The summed E-state index contributed by atoms with van der Waals surface area (Å²) < 4.78 is 16.1. The first-order valence-corrected chi connectivity index (χ1v) is 10.6. The van der Waals surface area contributed by atoms with Crippen LogP contribution in [0.5, 0.6) is 0 Å². The first-order chi connectivity index (χ1) is 13.1. The highest BCUT2D eigenvalue weighted by Gasteiger charge is 2.20. The highest BCUT2D eigenvalue weighted by atomic mass is 32.2. The molecule has 0 N–H and O–H groups in total. The minimum Gasteiger partial charge on any atom is -0.342 e. The van der Waals surface area contributed by atoms with E-state index in [2.05, 4.69) is 4.98 Å². The molecule has 5 nitrogen and oxygen atoms in total. The molecular formula is C19H18FN3O2S2. The Morgan fingerprint density at radius 2 is 2.00 bits per heavy atom. The van der Waals surface area contributed by atoms with E-state index in [4.69, 9.17) is 0 Å². The average Bonchev–Trinajstić information content (AvgIpc) is 3.35. The van der Waals surface area contributed by atoms with Crippen LogP contribution in [0.3, 0.4) is 0 Å². The van der Waals surface area contributed by atoms with Crippen LogP contribution < -0.4 is 5.56 Å². The molecule has 1 fully saturated rings. The van der Waals surface area contributed by atoms with E-state index in [0.717, 1.165) is 25.9 Å². The number of thiophene rings is 1. The lowest BCUT2D eigenvalue weighted by Gasteiger charge is -2.16. The van der Waals surface area contributed by atoms with Gasteiger partial charge in [0.25, 0.3) is 5.56 Å². The lowest BCUT2D eigenvalue weighted by Crippen LogP contribution is -2.30. The number of carbonyl (C=O) groups excluding carboxylic acids is 1. The molecule has 3 heterocycles. The Balaban J connectivity index is 1.66. The molecule has 1 aliphatic rings. The van der Waals surface area contributed by atoms with E-state index < -0.39 is 0 Å². The Morgan fingerprint density at radius 1 is 1.22 bits per heavy atom. The van der Waals surface area contributed by atoms with Gasteiger partial charge in [-0.2, -0.15) is 0 Å². The summed E-state index contributed by atoms with van der Waals surface area (Å²) >= 11 is 2.56. The quantitative estimate of drug-likeness (QED) is 0.484. The molecule has 0 radical (unpaired) electrons. The second kappa shape index (κ2) is 7.82. The number of hydrogen-bond acceptors (Lipinski definition) is 5. The number of amides is 1. The summed E-state index contributed by atoms with van der Waals surface area (Å²) in [5.74, 6) is -0.0892. The number of aromatic nitrogens is 2. The molecule has 0 unspecified atom stereocenters. The van der Waals surface area contributed by atoms with E-state index in [1.165, 1.54) is 33.7 Å². The van der Waals surface area contributed by atoms with Gasteiger partial charge in [-0.15, -0.1) is 11.3 Å². The third-order valence-corrected chi connectivity index (χ3v) is 6.45. The maximum Gasteiger partial charge on any atom is 0.272 e. The Bertz CT molecular complexity index is 1040. The van der Waals surface area contributed by atoms with Gasteiger partial charge in [0.15, 0.2) is 5.16 Å². The summed E-state index contributed by atoms with van der Waals surface area (Å²) in [6.07, 6.45) is 2.07. The van der Waals surface area contributed by atoms with Crippen LogP contribution in [0.1, 0.15) is 18.4 Å². The molecule has 0 saturated carbocycles. The van der Waals surface area contributed by atoms with Crippen molar-refractivity contribution < 1.29 is 9.18 Å². The summed E-state index contributed by atoms with van der Waals surface area (Å²) in [4.78, 5) is 31.7. The van der Waals surface area contributed by atoms with Crippen LogP contribution in [0.2, 0.25) is 0 Å². The topological polar surface area (TPSA) is 55.2 Å². The number of nitrogens with zero attached hydrogens (tertiary/aromatic N) is 3. The van der Waals surface area contributed by atoms with Crippen molar-refractivity contribution in [2.45, 2.75) is 24.5 Å². The smallest absolute Gasteiger partial charge is 0.272 e. The van der Waals surface area contributed by atoms with Crippen LogP contribution in [0.4, 0.5) is 4.39 Å². The Labute approximate surface area is 163 Å². The van der Waals surface area contributed by atoms with E-state index >= 15 is 0 Å². The second-order valence-electron chi connectivity index (χ2n) is 6.39. The van der Waals surface area contributed by atoms with Crippen LogP contribution in [0, 0.1) is 5.82 Å². The van der Waals surface area contributed by atoms with Gasteiger partial charge in [0, 0.05) is 18.7 Å². The molecule has 1 aromatic carbocycles. The van der Waals surface area contributed by atoms with Crippen LogP contribution in [-0.2, 0) is 11.3 Å². The standard InChI is InChI=1S/C19H18FN3O2S2/c20-14-6-2-1-5-13(14)11-23-18(25)17-15(7-10-26-17)21-19(23)27-12-16(24)22-8-3-4-9-22/h1-2,5-7,10H,3-4,8-9,11-12H2. The van der Waals surface area contributed by atoms with Crippen LogP contribution in [-0.4, -0.2) is 39.2 Å². The van der Waals surface area contributed by atoms with Crippen LogP contribution in [0.15, 0.2) is 45.7 Å². The summed E-state index contributed by atoms with van der Waals surface area (Å²) in [7, 11) is 0. The van der Waals surface area contributed by atoms with Gasteiger partial charge in [-0.25, -0.2) is 9.37 Å². The van der Waals surface area contributed by atoms with Gasteiger partial charge in [0.2, 0.25) is 5.91 Å². The van der Waals surface area contributed by atoms with Crippen molar-refractivity contribution in [3.8, 4) is 0 Å². The van der Waals surface area contributed by atoms with Crippen molar-refractivity contribution >= 4 is 39.2 Å². The normalized spacial score (nSPS) is 14.2. The van der Waals surface area contributed by atoms with Gasteiger partial charge < -0.3 is 4.90 Å². The first-order valence-electron chi connectivity index (χ1n) is 8.75. The van der Waals surface area contributed by atoms with Crippen molar-refractivity contribution in [2.75, 3.05) is 18.8 Å². The lowest BCUT2D eigenvalue weighted by atomic mass is 10.2. The monoisotopic (exact) mass is 403 g/mol.